The Balaban J connectivity index is 2.27. The molecule has 0 radical (unpaired) electrons. The second-order valence-corrected chi connectivity index (χ2v) is 5.52. The second-order valence-electron chi connectivity index (χ2n) is 4.48. The molecule has 112 valence electrons. The number of anilines is 1. The lowest BCUT2D eigenvalue weighted by Crippen LogP contribution is -2.21. The van der Waals surface area contributed by atoms with Gasteiger partial charge in [-0.1, -0.05) is 6.07 Å². The van der Waals surface area contributed by atoms with Gasteiger partial charge in [-0.05, 0) is 17.9 Å². The molecule has 0 aliphatic carbocycles. The molecule has 0 aliphatic heterocycles. The number of nitrogens with zero attached hydrogens (tertiary/aromatic N) is 2. The average molecular weight is 310 g/mol. The topological polar surface area (TPSA) is 55.6 Å². The molecule has 0 bridgehead atoms. The molecule has 5 nitrogen and oxygen atoms in total. The highest BCUT2D eigenvalue weighted by Crippen LogP contribution is 2.34. The van der Waals surface area contributed by atoms with Crippen LogP contribution in [0.1, 0.15) is 4.88 Å². The second kappa shape index (κ2) is 6.53. The highest BCUT2D eigenvalue weighted by atomic mass is 32.1. The van der Waals surface area contributed by atoms with Crippen molar-refractivity contribution in [3.05, 3.63) is 50.5 Å². The molecular formula is C14H15FN2O3S. The van der Waals surface area contributed by atoms with E-state index in [4.69, 9.17) is 4.74 Å². The van der Waals surface area contributed by atoms with Crippen LogP contribution >= 0.6 is 11.3 Å². The molecule has 0 saturated heterocycles. The summed E-state index contributed by atoms with van der Waals surface area (Å²) in [5, 5.41) is 13.1. The standard InChI is InChI=1S/C14H15FN2O3S/c1-16(6-5-11-4-3-7-21-11)13-9-10(20-2)8-12(15)14(13)17(18)19/h3-4,7-9H,5-6H2,1-2H3. The lowest BCUT2D eigenvalue weighted by molar-refractivity contribution is -0.386. The molecule has 0 unspecified atom stereocenters. The quantitative estimate of drug-likeness (QED) is 0.605. The lowest BCUT2D eigenvalue weighted by atomic mass is 10.2. The molecule has 1 heterocycles. The first-order valence-corrected chi connectivity index (χ1v) is 7.16. The van der Waals surface area contributed by atoms with E-state index in [9.17, 15) is 14.5 Å². The van der Waals surface area contributed by atoms with Crippen LogP contribution in [0.3, 0.4) is 0 Å². The largest absolute Gasteiger partial charge is 0.497 e. The zero-order chi connectivity index (χ0) is 15.4. The van der Waals surface area contributed by atoms with E-state index in [0.717, 1.165) is 12.5 Å². The van der Waals surface area contributed by atoms with Crippen molar-refractivity contribution in [2.24, 2.45) is 0 Å². The highest BCUT2D eigenvalue weighted by Gasteiger charge is 2.24. The van der Waals surface area contributed by atoms with Crippen molar-refractivity contribution in [1.29, 1.82) is 0 Å². The number of thiophene rings is 1. The Labute approximate surface area is 125 Å². The van der Waals surface area contributed by atoms with Crippen LogP contribution in [0.4, 0.5) is 15.8 Å². The Morgan fingerprint density at radius 1 is 1.48 bits per heavy atom. The van der Waals surface area contributed by atoms with Crippen LogP contribution in [0.5, 0.6) is 5.75 Å². The van der Waals surface area contributed by atoms with Gasteiger partial charge in [0.2, 0.25) is 5.82 Å². The van der Waals surface area contributed by atoms with Crippen molar-refractivity contribution in [2.45, 2.75) is 6.42 Å². The maximum Gasteiger partial charge on any atom is 0.328 e. The maximum absolute atomic E-state index is 13.9. The summed E-state index contributed by atoms with van der Waals surface area (Å²) < 4.78 is 18.9. The van der Waals surface area contributed by atoms with E-state index in [0.29, 0.717) is 6.54 Å². The number of hydrogen-bond acceptors (Lipinski definition) is 5. The van der Waals surface area contributed by atoms with Gasteiger partial charge in [0.1, 0.15) is 11.4 Å². The first-order valence-electron chi connectivity index (χ1n) is 6.28. The zero-order valence-electron chi connectivity index (χ0n) is 11.7. The number of nitro groups is 1. The fraction of sp³-hybridized carbons (Fsp3) is 0.286. The van der Waals surface area contributed by atoms with E-state index < -0.39 is 16.4 Å². The van der Waals surface area contributed by atoms with E-state index in [2.05, 4.69) is 0 Å². The molecule has 2 rings (SSSR count). The van der Waals surface area contributed by atoms with Crippen molar-refractivity contribution >= 4 is 22.7 Å². The van der Waals surface area contributed by atoms with E-state index in [1.807, 2.05) is 17.5 Å². The Morgan fingerprint density at radius 3 is 2.81 bits per heavy atom. The molecule has 1 aromatic heterocycles. The first-order chi connectivity index (χ1) is 10.0. The third-order valence-corrected chi connectivity index (χ3v) is 4.06. The predicted octanol–water partition coefficient (Wildman–Crippen LogP) is 3.48. The van der Waals surface area contributed by atoms with Crippen molar-refractivity contribution in [3.8, 4) is 5.75 Å². The number of hydrogen-bond donors (Lipinski definition) is 0. The molecule has 0 fully saturated rings. The van der Waals surface area contributed by atoms with Gasteiger partial charge >= 0.3 is 5.69 Å². The SMILES string of the molecule is COc1cc(F)c([N+](=O)[O-])c(N(C)CCc2cccs2)c1. The molecule has 7 heteroatoms. The van der Waals surface area contributed by atoms with Gasteiger partial charge in [-0.15, -0.1) is 11.3 Å². The molecule has 0 N–H and O–H groups in total. The lowest BCUT2D eigenvalue weighted by Gasteiger charge is -2.19. The Bertz CT molecular complexity index is 631. The maximum atomic E-state index is 13.9. The van der Waals surface area contributed by atoms with E-state index >= 15 is 0 Å². The Morgan fingerprint density at radius 2 is 2.24 bits per heavy atom. The smallest absolute Gasteiger partial charge is 0.328 e. The number of benzene rings is 1. The Hall–Kier alpha value is -2.15. The minimum Gasteiger partial charge on any atom is -0.497 e. The van der Waals surface area contributed by atoms with Gasteiger partial charge in [0.05, 0.1) is 12.0 Å². The van der Waals surface area contributed by atoms with Crippen LogP contribution < -0.4 is 9.64 Å². The first kappa shape index (κ1) is 15.2. The number of halogens is 1. The average Bonchev–Trinajstić information content (AvgIpc) is 2.96. The van der Waals surface area contributed by atoms with Crippen LogP contribution in [0, 0.1) is 15.9 Å². The summed E-state index contributed by atoms with van der Waals surface area (Å²) in [5.74, 6) is -0.631. The third kappa shape index (κ3) is 3.49. The van der Waals surface area contributed by atoms with E-state index in [1.54, 1.807) is 23.3 Å². The van der Waals surface area contributed by atoms with Gasteiger partial charge < -0.3 is 9.64 Å². The Kier molecular flexibility index (Phi) is 4.74. The highest BCUT2D eigenvalue weighted by molar-refractivity contribution is 7.09. The fourth-order valence-corrected chi connectivity index (χ4v) is 2.70. The molecule has 0 saturated carbocycles. The van der Waals surface area contributed by atoms with E-state index in [1.165, 1.54) is 18.1 Å². The number of ether oxygens (including phenoxy) is 1. The summed E-state index contributed by atoms with van der Waals surface area (Å²) in [6.07, 6.45) is 0.740. The van der Waals surface area contributed by atoms with E-state index in [-0.39, 0.29) is 11.4 Å². The summed E-state index contributed by atoms with van der Waals surface area (Å²) in [4.78, 5) is 13.2. The molecule has 0 aliphatic rings. The number of likely N-dealkylation sites (N-methyl/N-ethyl adjacent to an activating group) is 1. The molecule has 0 atom stereocenters. The van der Waals surface area contributed by atoms with Crippen molar-refractivity contribution in [2.75, 3.05) is 25.6 Å². The van der Waals surface area contributed by atoms with Gasteiger partial charge in [-0.3, -0.25) is 10.1 Å². The zero-order valence-corrected chi connectivity index (χ0v) is 12.5. The fourth-order valence-electron chi connectivity index (χ4n) is 2.00. The summed E-state index contributed by atoms with van der Waals surface area (Å²) in [5.41, 5.74) is -0.308. The van der Waals surface area contributed by atoms with Crippen molar-refractivity contribution in [1.82, 2.24) is 0 Å². The number of nitro benzene ring substituents is 1. The van der Waals surface area contributed by atoms with Crippen molar-refractivity contribution in [3.63, 3.8) is 0 Å². The normalized spacial score (nSPS) is 10.4. The molecule has 0 spiro atoms. The molecule has 21 heavy (non-hydrogen) atoms. The molecule has 2 aromatic rings. The summed E-state index contributed by atoms with van der Waals surface area (Å²) in [6, 6.07) is 6.46. The van der Waals surface area contributed by atoms with Gasteiger partial charge in [-0.2, -0.15) is 4.39 Å². The predicted molar refractivity (Wildman–Crippen MR) is 80.9 cm³/mol. The number of rotatable bonds is 6. The third-order valence-electron chi connectivity index (χ3n) is 3.12. The van der Waals surface area contributed by atoms with Gasteiger partial charge in [-0.25, -0.2) is 0 Å². The van der Waals surface area contributed by atoms with Crippen LogP contribution in [0.2, 0.25) is 0 Å². The van der Waals surface area contributed by atoms with Gasteiger partial charge in [0, 0.05) is 30.6 Å². The van der Waals surface area contributed by atoms with Crippen molar-refractivity contribution < 1.29 is 14.1 Å². The van der Waals surface area contributed by atoms with Gasteiger partial charge in [0.15, 0.2) is 0 Å². The van der Waals surface area contributed by atoms with Crippen LogP contribution in [0.25, 0.3) is 0 Å². The minimum absolute atomic E-state index is 0.216. The monoisotopic (exact) mass is 310 g/mol. The number of methoxy groups -OCH3 is 1. The molecule has 1 aromatic carbocycles. The van der Waals surface area contributed by atoms with Crippen LogP contribution in [-0.4, -0.2) is 25.6 Å². The molecule has 0 amide bonds. The summed E-state index contributed by atoms with van der Waals surface area (Å²) >= 11 is 1.62. The van der Waals surface area contributed by atoms with Crippen LogP contribution in [0.15, 0.2) is 29.6 Å². The van der Waals surface area contributed by atoms with Crippen LogP contribution in [-0.2, 0) is 6.42 Å². The van der Waals surface area contributed by atoms with Gasteiger partial charge in [0.25, 0.3) is 0 Å². The minimum atomic E-state index is -0.891. The summed E-state index contributed by atoms with van der Waals surface area (Å²) in [7, 11) is 3.10. The molecular weight excluding hydrogens is 295 g/mol. The summed E-state index contributed by atoms with van der Waals surface area (Å²) in [6.45, 7) is 0.550.